The summed E-state index contributed by atoms with van der Waals surface area (Å²) in [6, 6.07) is 78.8. The van der Waals surface area contributed by atoms with Crippen molar-refractivity contribution >= 4 is 76.4 Å². The molecule has 0 aliphatic carbocycles. The van der Waals surface area contributed by atoms with Crippen molar-refractivity contribution < 1.29 is 0 Å². The smallest absolute Gasteiger partial charge is 0.0575 e. The summed E-state index contributed by atoms with van der Waals surface area (Å²) in [5, 5.41) is 5.05. The molecule has 0 radical (unpaired) electrons. The lowest BCUT2D eigenvalue weighted by molar-refractivity contribution is 1.26. The van der Waals surface area contributed by atoms with Crippen LogP contribution in [0.3, 0.4) is 0 Å². The molecule has 0 aliphatic rings. The molecule has 0 atom stereocenters. The maximum absolute atomic E-state index is 2.43. The van der Waals surface area contributed by atoms with Gasteiger partial charge in [0.25, 0.3) is 0 Å². The average molecular weight is 721 g/mol. The zero-order valence-electron chi connectivity index (χ0n) is 30.1. The van der Waals surface area contributed by atoms with Crippen molar-refractivity contribution in [3.63, 3.8) is 0 Å². The van der Waals surface area contributed by atoms with E-state index in [1.807, 2.05) is 11.3 Å². The van der Waals surface area contributed by atoms with E-state index in [2.05, 4.69) is 228 Å². The summed E-state index contributed by atoms with van der Waals surface area (Å²) >= 11 is 1.88. The van der Waals surface area contributed by atoms with E-state index >= 15 is 0 Å². The fourth-order valence-electron chi connectivity index (χ4n) is 7.80. The van der Waals surface area contributed by atoms with Gasteiger partial charge in [0.1, 0.15) is 0 Å². The SMILES string of the molecule is c1ccc(-c2ccc(N(c3ccccc3)c3cc(N(c4ccccc4)c4ccc(-c5ccccc5)cc4)c4c(c3)sc3c5ccccc5ccc34)cc2)cc1. The van der Waals surface area contributed by atoms with Crippen LogP contribution in [0.15, 0.2) is 218 Å². The van der Waals surface area contributed by atoms with Crippen molar-refractivity contribution in [3.8, 4) is 22.3 Å². The first kappa shape index (κ1) is 32.7. The van der Waals surface area contributed by atoms with Gasteiger partial charge >= 0.3 is 0 Å². The first-order valence-corrected chi connectivity index (χ1v) is 19.5. The summed E-state index contributed by atoms with van der Waals surface area (Å²) in [5.41, 5.74) is 11.4. The molecule has 0 bridgehead atoms. The standard InChI is InChI=1S/C52H36N2S/c1-5-15-37(16-6-1)39-25-30-44(31-26-39)53(42-20-9-3-10-21-42)46-35-49(51-48-34-29-41-19-13-14-24-47(41)52(48)55-50(51)36-46)54(43-22-11-4-12-23-43)45-32-27-40(28-33-45)38-17-7-2-8-18-38/h1-36H. The van der Waals surface area contributed by atoms with Gasteiger partial charge in [0.2, 0.25) is 0 Å². The Morgan fingerprint density at radius 1 is 0.309 bits per heavy atom. The number of thiophene rings is 1. The Morgan fingerprint density at radius 3 is 1.35 bits per heavy atom. The highest BCUT2D eigenvalue weighted by molar-refractivity contribution is 7.26. The van der Waals surface area contributed by atoms with E-state index in [1.165, 1.54) is 53.2 Å². The average Bonchev–Trinajstić information content (AvgIpc) is 3.65. The van der Waals surface area contributed by atoms with E-state index in [0.717, 1.165) is 34.1 Å². The van der Waals surface area contributed by atoms with Crippen LogP contribution in [0.4, 0.5) is 34.1 Å². The maximum Gasteiger partial charge on any atom is 0.0575 e. The molecule has 0 unspecified atom stereocenters. The van der Waals surface area contributed by atoms with Crippen LogP contribution < -0.4 is 9.80 Å². The van der Waals surface area contributed by atoms with E-state index in [0.29, 0.717) is 0 Å². The number of para-hydroxylation sites is 2. The molecule has 260 valence electrons. The first-order chi connectivity index (χ1) is 27.3. The fourth-order valence-corrected chi connectivity index (χ4v) is 9.09. The molecule has 3 heteroatoms. The second-order valence-electron chi connectivity index (χ2n) is 13.8. The number of hydrogen-bond donors (Lipinski definition) is 0. The lowest BCUT2D eigenvalue weighted by Crippen LogP contribution is -2.13. The monoisotopic (exact) mass is 720 g/mol. The molecule has 0 saturated carbocycles. The third-order valence-electron chi connectivity index (χ3n) is 10.4. The molecule has 0 N–H and O–H groups in total. The second-order valence-corrected chi connectivity index (χ2v) is 14.8. The number of rotatable bonds is 8. The lowest BCUT2D eigenvalue weighted by atomic mass is 10.0. The minimum atomic E-state index is 1.10. The van der Waals surface area contributed by atoms with Gasteiger partial charge in [0, 0.05) is 48.6 Å². The molecular weight excluding hydrogens is 685 g/mol. The molecule has 0 amide bonds. The van der Waals surface area contributed by atoms with Gasteiger partial charge in [-0.2, -0.15) is 0 Å². The molecule has 0 saturated heterocycles. The van der Waals surface area contributed by atoms with Crippen LogP contribution in [-0.2, 0) is 0 Å². The second kappa shape index (κ2) is 14.1. The van der Waals surface area contributed by atoms with Gasteiger partial charge in [-0.25, -0.2) is 0 Å². The molecule has 1 aromatic heterocycles. The van der Waals surface area contributed by atoms with E-state index in [-0.39, 0.29) is 0 Å². The molecular formula is C52H36N2S. The van der Waals surface area contributed by atoms with E-state index in [9.17, 15) is 0 Å². The van der Waals surface area contributed by atoms with E-state index in [4.69, 9.17) is 0 Å². The van der Waals surface area contributed by atoms with E-state index < -0.39 is 0 Å². The number of nitrogens with zero attached hydrogens (tertiary/aromatic N) is 2. The van der Waals surface area contributed by atoms with Gasteiger partial charge in [-0.15, -0.1) is 11.3 Å². The number of anilines is 6. The van der Waals surface area contributed by atoms with Crippen LogP contribution in [0, 0.1) is 0 Å². The van der Waals surface area contributed by atoms with Crippen LogP contribution in [0.25, 0.3) is 53.2 Å². The number of hydrogen-bond acceptors (Lipinski definition) is 3. The van der Waals surface area contributed by atoms with Crippen molar-refractivity contribution in [2.24, 2.45) is 0 Å². The highest BCUT2D eigenvalue weighted by Crippen LogP contribution is 2.50. The Labute approximate surface area is 325 Å². The number of benzene rings is 9. The summed E-state index contributed by atoms with van der Waals surface area (Å²) in [4.78, 5) is 4.82. The predicted octanol–water partition coefficient (Wildman–Crippen LogP) is 15.5. The Balaban J connectivity index is 1.23. The van der Waals surface area contributed by atoms with Crippen molar-refractivity contribution in [2.45, 2.75) is 0 Å². The highest BCUT2D eigenvalue weighted by atomic mass is 32.1. The van der Waals surface area contributed by atoms with Crippen LogP contribution in [0.1, 0.15) is 0 Å². The summed E-state index contributed by atoms with van der Waals surface area (Å²) in [7, 11) is 0. The quantitative estimate of drug-likeness (QED) is 0.154. The molecule has 10 rings (SSSR count). The molecule has 0 fully saturated rings. The van der Waals surface area contributed by atoms with Gasteiger partial charge < -0.3 is 9.80 Å². The molecule has 9 aromatic carbocycles. The van der Waals surface area contributed by atoms with Gasteiger partial charge in [-0.1, -0.05) is 158 Å². The molecule has 1 heterocycles. The number of fused-ring (bicyclic) bond motifs is 5. The Morgan fingerprint density at radius 2 is 0.764 bits per heavy atom. The Hall–Kier alpha value is -6.94. The Bertz CT molecular complexity index is 2890. The van der Waals surface area contributed by atoms with Crippen molar-refractivity contribution in [2.75, 3.05) is 9.80 Å². The van der Waals surface area contributed by atoms with Crippen LogP contribution in [0.5, 0.6) is 0 Å². The van der Waals surface area contributed by atoms with Crippen LogP contribution in [-0.4, -0.2) is 0 Å². The van der Waals surface area contributed by atoms with Gasteiger partial charge in [-0.05, 0) is 93.7 Å². The van der Waals surface area contributed by atoms with Crippen LogP contribution >= 0.6 is 11.3 Å². The van der Waals surface area contributed by atoms with Crippen molar-refractivity contribution in [3.05, 3.63) is 218 Å². The summed E-state index contributed by atoms with van der Waals surface area (Å²) in [6.07, 6.45) is 0. The largest absolute Gasteiger partial charge is 0.310 e. The van der Waals surface area contributed by atoms with Gasteiger partial charge in [0.05, 0.1) is 5.69 Å². The maximum atomic E-state index is 2.43. The van der Waals surface area contributed by atoms with Crippen molar-refractivity contribution in [1.29, 1.82) is 0 Å². The summed E-state index contributed by atoms with van der Waals surface area (Å²) in [5.74, 6) is 0. The lowest BCUT2D eigenvalue weighted by Gasteiger charge is -2.30. The predicted molar refractivity (Wildman–Crippen MR) is 237 cm³/mol. The third-order valence-corrected chi connectivity index (χ3v) is 11.6. The third kappa shape index (κ3) is 6.11. The molecule has 0 aliphatic heterocycles. The van der Waals surface area contributed by atoms with Crippen molar-refractivity contribution in [1.82, 2.24) is 0 Å². The Kier molecular flexibility index (Phi) is 8.40. The zero-order chi connectivity index (χ0) is 36.6. The normalized spacial score (nSPS) is 11.3. The summed E-state index contributed by atoms with van der Waals surface area (Å²) in [6.45, 7) is 0. The molecule has 2 nitrogen and oxygen atoms in total. The highest BCUT2D eigenvalue weighted by Gasteiger charge is 2.23. The fraction of sp³-hybridized carbons (Fsp3) is 0. The van der Waals surface area contributed by atoms with E-state index in [1.54, 1.807) is 0 Å². The van der Waals surface area contributed by atoms with Gasteiger partial charge in [0.15, 0.2) is 0 Å². The summed E-state index contributed by atoms with van der Waals surface area (Å²) < 4.78 is 2.54. The molecule has 55 heavy (non-hydrogen) atoms. The minimum Gasteiger partial charge on any atom is -0.310 e. The first-order valence-electron chi connectivity index (χ1n) is 18.7. The van der Waals surface area contributed by atoms with Gasteiger partial charge in [-0.3, -0.25) is 0 Å². The zero-order valence-corrected chi connectivity index (χ0v) is 30.9. The molecule has 10 aromatic rings. The minimum absolute atomic E-state index is 1.10. The topological polar surface area (TPSA) is 6.48 Å². The van der Waals surface area contributed by atoms with Crippen LogP contribution in [0.2, 0.25) is 0 Å². The molecule has 0 spiro atoms.